The SMILES string of the molecule is COCCCn1c(S[C@H](C)C(=O)Nc2cc(C)ccc2OC)n[nH]c1=O. The number of aromatic nitrogens is 3. The molecule has 2 rings (SSSR count). The van der Waals surface area contributed by atoms with E-state index in [-0.39, 0.29) is 11.6 Å². The largest absolute Gasteiger partial charge is 0.495 e. The number of hydrogen-bond donors (Lipinski definition) is 2. The smallest absolute Gasteiger partial charge is 0.343 e. The highest BCUT2D eigenvalue weighted by atomic mass is 32.2. The molecule has 0 aliphatic carbocycles. The number of amides is 1. The van der Waals surface area contributed by atoms with E-state index in [0.717, 1.165) is 5.56 Å². The Labute approximate surface area is 156 Å². The molecule has 2 N–H and O–H groups in total. The highest BCUT2D eigenvalue weighted by molar-refractivity contribution is 8.00. The summed E-state index contributed by atoms with van der Waals surface area (Å²) in [6.45, 7) is 4.73. The average Bonchev–Trinajstić information content (AvgIpc) is 2.95. The van der Waals surface area contributed by atoms with Gasteiger partial charge in [0.2, 0.25) is 5.91 Å². The Morgan fingerprint density at radius 3 is 2.88 bits per heavy atom. The number of methoxy groups -OCH3 is 2. The Morgan fingerprint density at radius 1 is 1.42 bits per heavy atom. The van der Waals surface area contributed by atoms with Crippen LogP contribution in [0, 0.1) is 6.92 Å². The number of ether oxygens (including phenoxy) is 2. The monoisotopic (exact) mass is 380 g/mol. The molecule has 2 aromatic rings. The second kappa shape index (κ2) is 9.44. The molecule has 0 bridgehead atoms. The third-order valence-corrected chi connectivity index (χ3v) is 4.81. The van der Waals surface area contributed by atoms with E-state index in [0.29, 0.717) is 36.2 Å². The Balaban J connectivity index is 2.06. The fourth-order valence-electron chi connectivity index (χ4n) is 2.32. The summed E-state index contributed by atoms with van der Waals surface area (Å²) in [6.07, 6.45) is 0.685. The first kappa shape index (κ1) is 20.1. The highest BCUT2D eigenvalue weighted by Gasteiger charge is 2.20. The lowest BCUT2D eigenvalue weighted by molar-refractivity contribution is -0.115. The third kappa shape index (κ3) is 5.12. The summed E-state index contributed by atoms with van der Waals surface area (Å²) in [6, 6.07) is 5.57. The first-order valence-electron chi connectivity index (χ1n) is 8.22. The van der Waals surface area contributed by atoms with Crippen molar-refractivity contribution in [3.63, 3.8) is 0 Å². The van der Waals surface area contributed by atoms with E-state index in [1.807, 2.05) is 25.1 Å². The van der Waals surface area contributed by atoms with Crippen LogP contribution >= 0.6 is 11.8 Å². The van der Waals surface area contributed by atoms with Gasteiger partial charge < -0.3 is 14.8 Å². The fraction of sp³-hybridized carbons (Fsp3) is 0.471. The minimum atomic E-state index is -0.448. The molecular weight excluding hydrogens is 356 g/mol. The van der Waals surface area contributed by atoms with E-state index < -0.39 is 5.25 Å². The van der Waals surface area contributed by atoms with Crippen LogP contribution in [-0.4, -0.2) is 46.7 Å². The van der Waals surface area contributed by atoms with Crippen molar-refractivity contribution in [3.8, 4) is 5.75 Å². The number of nitrogens with one attached hydrogen (secondary N) is 2. The summed E-state index contributed by atoms with van der Waals surface area (Å²) in [5, 5.41) is 9.34. The van der Waals surface area contributed by atoms with Gasteiger partial charge in [0, 0.05) is 20.3 Å². The standard InChI is InChI=1S/C17H24N4O4S/c1-11-6-7-14(25-4)13(10-11)18-15(22)12(2)26-17-20-19-16(23)21(17)8-5-9-24-3/h6-7,10,12H,5,8-9H2,1-4H3,(H,18,22)(H,19,23)/t12-/m1/s1. The highest BCUT2D eigenvalue weighted by Crippen LogP contribution is 2.27. The molecule has 1 aromatic heterocycles. The second-order valence-electron chi connectivity index (χ2n) is 5.76. The number of carbonyl (C=O) groups excluding carboxylic acids is 1. The molecule has 0 radical (unpaired) electrons. The first-order valence-corrected chi connectivity index (χ1v) is 9.10. The lowest BCUT2D eigenvalue weighted by Crippen LogP contribution is -2.24. The van der Waals surface area contributed by atoms with Gasteiger partial charge in [0.15, 0.2) is 5.16 Å². The van der Waals surface area contributed by atoms with Gasteiger partial charge in [0.25, 0.3) is 0 Å². The minimum absolute atomic E-state index is 0.196. The number of hydrogen-bond acceptors (Lipinski definition) is 6. The summed E-state index contributed by atoms with van der Waals surface area (Å²) in [5.41, 5.74) is 1.33. The zero-order valence-corrected chi connectivity index (χ0v) is 16.2. The lowest BCUT2D eigenvalue weighted by Gasteiger charge is -2.14. The molecule has 0 aliphatic heterocycles. The van der Waals surface area contributed by atoms with E-state index >= 15 is 0 Å². The Bertz CT molecular complexity index is 802. The zero-order chi connectivity index (χ0) is 19.1. The van der Waals surface area contributed by atoms with Crippen molar-refractivity contribution < 1.29 is 14.3 Å². The van der Waals surface area contributed by atoms with Crippen molar-refractivity contribution in [2.24, 2.45) is 0 Å². The lowest BCUT2D eigenvalue weighted by atomic mass is 10.2. The van der Waals surface area contributed by atoms with Crippen LogP contribution in [-0.2, 0) is 16.1 Å². The van der Waals surface area contributed by atoms with Gasteiger partial charge in [-0.05, 0) is 38.0 Å². The Kier molecular flexibility index (Phi) is 7.28. The van der Waals surface area contributed by atoms with E-state index in [9.17, 15) is 9.59 Å². The maximum atomic E-state index is 12.5. The summed E-state index contributed by atoms with van der Waals surface area (Å²) in [5.74, 6) is 0.398. The summed E-state index contributed by atoms with van der Waals surface area (Å²) in [7, 11) is 3.17. The normalized spacial score (nSPS) is 12.0. The number of carbonyl (C=O) groups is 1. The van der Waals surface area contributed by atoms with E-state index in [1.54, 1.807) is 21.1 Å². The maximum Gasteiger partial charge on any atom is 0.343 e. The van der Waals surface area contributed by atoms with Crippen LogP contribution in [0.5, 0.6) is 5.75 Å². The molecule has 0 spiro atoms. The maximum absolute atomic E-state index is 12.5. The van der Waals surface area contributed by atoms with Crippen molar-refractivity contribution in [1.29, 1.82) is 0 Å². The molecule has 0 saturated heterocycles. The van der Waals surface area contributed by atoms with Gasteiger partial charge in [-0.15, -0.1) is 5.10 Å². The third-order valence-electron chi connectivity index (χ3n) is 3.72. The Morgan fingerprint density at radius 2 is 2.19 bits per heavy atom. The van der Waals surface area contributed by atoms with Crippen LogP contribution < -0.4 is 15.7 Å². The second-order valence-corrected chi connectivity index (χ2v) is 7.07. The van der Waals surface area contributed by atoms with Crippen molar-refractivity contribution in [3.05, 3.63) is 34.2 Å². The molecule has 26 heavy (non-hydrogen) atoms. The Hall–Kier alpha value is -2.26. The fourth-order valence-corrected chi connectivity index (χ4v) is 3.20. The number of aryl methyl sites for hydroxylation is 1. The van der Waals surface area contributed by atoms with Crippen molar-refractivity contribution in [2.75, 3.05) is 26.1 Å². The number of nitrogens with zero attached hydrogens (tertiary/aromatic N) is 2. The van der Waals surface area contributed by atoms with E-state index in [1.165, 1.54) is 16.3 Å². The number of benzene rings is 1. The van der Waals surface area contributed by atoms with Gasteiger partial charge in [0.1, 0.15) is 5.75 Å². The molecule has 1 heterocycles. The van der Waals surface area contributed by atoms with Gasteiger partial charge in [-0.1, -0.05) is 17.8 Å². The van der Waals surface area contributed by atoms with Crippen LogP contribution in [0.2, 0.25) is 0 Å². The van der Waals surface area contributed by atoms with Crippen molar-refractivity contribution in [1.82, 2.24) is 14.8 Å². The number of rotatable bonds is 9. The molecule has 0 fully saturated rings. The van der Waals surface area contributed by atoms with Crippen LogP contribution in [0.1, 0.15) is 18.9 Å². The minimum Gasteiger partial charge on any atom is -0.495 e. The van der Waals surface area contributed by atoms with Crippen molar-refractivity contribution in [2.45, 2.75) is 37.2 Å². The predicted octanol–water partition coefficient (Wildman–Crippen LogP) is 2.04. The zero-order valence-electron chi connectivity index (χ0n) is 15.4. The van der Waals surface area contributed by atoms with Gasteiger partial charge in [-0.2, -0.15) is 0 Å². The summed E-state index contributed by atoms with van der Waals surface area (Å²) in [4.78, 5) is 24.4. The molecule has 1 amide bonds. The first-order chi connectivity index (χ1) is 12.5. The quantitative estimate of drug-likeness (QED) is 0.510. The predicted molar refractivity (Wildman–Crippen MR) is 101 cm³/mol. The van der Waals surface area contributed by atoms with Crippen LogP contribution in [0.3, 0.4) is 0 Å². The summed E-state index contributed by atoms with van der Waals surface area (Å²) < 4.78 is 11.8. The summed E-state index contributed by atoms with van der Waals surface area (Å²) >= 11 is 1.22. The van der Waals surface area contributed by atoms with Crippen LogP contribution in [0.25, 0.3) is 0 Å². The molecule has 142 valence electrons. The van der Waals surface area contributed by atoms with Crippen molar-refractivity contribution >= 4 is 23.4 Å². The molecule has 0 aliphatic rings. The number of anilines is 1. The molecule has 8 nitrogen and oxygen atoms in total. The number of thioether (sulfide) groups is 1. The molecule has 9 heteroatoms. The van der Waals surface area contributed by atoms with Crippen LogP contribution in [0.4, 0.5) is 5.69 Å². The molecule has 0 unspecified atom stereocenters. The van der Waals surface area contributed by atoms with Gasteiger partial charge in [-0.25, -0.2) is 9.89 Å². The van der Waals surface area contributed by atoms with Gasteiger partial charge in [-0.3, -0.25) is 9.36 Å². The molecule has 1 atom stereocenters. The average molecular weight is 380 g/mol. The van der Waals surface area contributed by atoms with E-state index in [2.05, 4.69) is 15.5 Å². The molecule has 0 saturated carbocycles. The van der Waals surface area contributed by atoms with Gasteiger partial charge >= 0.3 is 5.69 Å². The van der Waals surface area contributed by atoms with E-state index in [4.69, 9.17) is 9.47 Å². The molecule has 1 aromatic carbocycles. The molecular formula is C17H24N4O4S. The van der Waals surface area contributed by atoms with Gasteiger partial charge in [0.05, 0.1) is 18.0 Å². The number of H-pyrrole nitrogens is 1. The number of aromatic amines is 1. The van der Waals surface area contributed by atoms with Crippen LogP contribution in [0.15, 0.2) is 28.2 Å². The topological polar surface area (TPSA) is 98.2 Å².